The molecule has 0 fully saturated rings. The molecule has 0 aromatic heterocycles. The van der Waals surface area contributed by atoms with E-state index < -0.39 is 17.7 Å². The van der Waals surface area contributed by atoms with Gasteiger partial charge in [0, 0.05) is 11.3 Å². The van der Waals surface area contributed by atoms with Crippen molar-refractivity contribution < 1.29 is 22.7 Å². The highest BCUT2D eigenvalue weighted by atomic mass is 32.1. The summed E-state index contributed by atoms with van der Waals surface area (Å²) in [6.45, 7) is 1.68. The van der Waals surface area contributed by atoms with E-state index in [2.05, 4.69) is 5.32 Å². The van der Waals surface area contributed by atoms with Crippen molar-refractivity contribution in [2.45, 2.75) is 13.1 Å². The van der Waals surface area contributed by atoms with Crippen molar-refractivity contribution >= 4 is 28.9 Å². The standard InChI is InChI=1S/C12H13F3N2O2S/c1-2-19-10(18)6-17-9-4-3-7(12(13,14)15)5-8(9)11(16)20/h3-5,17H,2,6H2,1H3,(H2,16,20). The number of nitrogens with two attached hydrogens (primary N) is 1. The van der Waals surface area contributed by atoms with Crippen LogP contribution in [0.15, 0.2) is 18.2 Å². The minimum atomic E-state index is -4.49. The first-order chi connectivity index (χ1) is 9.25. The van der Waals surface area contributed by atoms with Crippen LogP contribution in [0.3, 0.4) is 0 Å². The molecule has 0 heterocycles. The number of nitrogens with one attached hydrogen (secondary N) is 1. The van der Waals surface area contributed by atoms with Crippen molar-refractivity contribution in [2.75, 3.05) is 18.5 Å². The zero-order chi connectivity index (χ0) is 15.3. The molecule has 0 atom stereocenters. The zero-order valence-electron chi connectivity index (χ0n) is 10.6. The number of halogens is 3. The van der Waals surface area contributed by atoms with Crippen LogP contribution in [0.25, 0.3) is 0 Å². The minimum Gasteiger partial charge on any atom is -0.465 e. The van der Waals surface area contributed by atoms with Gasteiger partial charge in [-0.1, -0.05) is 12.2 Å². The summed E-state index contributed by atoms with van der Waals surface area (Å²) in [7, 11) is 0. The van der Waals surface area contributed by atoms with Crippen LogP contribution in [-0.4, -0.2) is 24.1 Å². The van der Waals surface area contributed by atoms with Crippen molar-refractivity contribution in [1.29, 1.82) is 0 Å². The first-order valence-electron chi connectivity index (χ1n) is 5.66. The number of thiocarbonyl (C=S) groups is 1. The SMILES string of the molecule is CCOC(=O)CNc1ccc(C(F)(F)F)cc1C(N)=S. The van der Waals surface area contributed by atoms with E-state index >= 15 is 0 Å². The van der Waals surface area contributed by atoms with Gasteiger partial charge in [0.15, 0.2) is 0 Å². The lowest BCUT2D eigenvalue weighted by Gasteiger charge is -2.14. The van der Waals surface area contributed by atoms with E-state index in [0.717, 1.165) is 12.1 Å². The number of carbonyl (C=O) groups is 1. The van der Waals surface area contributed by atoms with Crippen molar-refractivity contribution in [3.8, 4) is 0 Å². The van der Waals surface area contributed by atoms with Gasteiger partial charge in [-0.3, -0.25) is 4.79 Å². The van der Waals surface area contributed by atoms with Crippen molar-refractivity contribution in [2.24, 2.45) is 5.73 Å². The molecule has 20 heavy (non-hydrogen) atoms. The molecule has 1 rings (SSSR count). The molecule has 0 spiro atoms. The van der Waals surface area contributed by atoms with Gasteiger partial charge in [0.25, 0.3) is 0 Å². The van der Waals surface area contributed by atoms with Crippen LogP contribution < -0.4 is 11.1 Å². The maximum absolute atomic E-state index is 12.6. The molecule has 0 aliphatic rings. The Kier molecular flexibility index (Phi) is 5.32. The first-order valence-corrected chi connectivity index (χ1v) is 6.07. The lowest BCUT2D eigenvalue weighted by Crippen LogP contribution is -2.20. The molecule has 4 nitrogen and oxygen atoms in total. The molecular weight excluding hydrogens is 293 g/mol. The second-order valence-electron chi connectivity index (χ2n) is 3.78. The van der Waals surface area contributed by atoms with Crippen LogP contribution in [0.4, 0.5) is 18.9 Å². The van der Waals surface area contributed by atoms with Crippen LogP contribution in [0.5, 0.6) is 0 Å². The van der Waals surface area contributed by atoms with Crippen LogP contribution in [0.2, 0.25) is 0 Å². The van der Waals surface area contributed by atoms with E-state index in [1.807, 2.05) is 0 Å². The zero-order valence-corrected chi connectivity index (χ0v) is 11.4. The number of alkyl halides is 3. The van der Waals surface area contributed by atoms with Gasteiger partial charge in [-0.25, -0.2) is 0 Å². The summed E-state index contributed by atoms with van der Waals surface area (Å²) >= 11 is 4.72. The van der Waals surface area contributed by atoms with E-state index in [1.165, 1.54) is 6.07 Å². The largest absolute Gasteiger partial charge is 0.465 e. The Morgan fingerprint density at radius 2 is 2.10 bits per heavy atom. The Bertz CT molecular complexity index is 518. The summed E-state index contributed by atoms with van der Waals surface area (Å²) in [5.74, 6) is -0.527. The molecule has 0 aliphatic carbocycles. The van der Waals surface area contributed by atoms with E-state index in [4.69, 9.17) is 22.7 Å². The van der Waals surface area contributed by atoms with E-state index in [0.29, 0.717) is 0 Å². The third kappa shape index (κ3) is 4.37. The van der Waals surface area contributed by atoms with E-state index in [-0.39, 0.29) is 29.4 Å². The summed E-state index contributed by atoms with van der Waals surface area (Å²) in [6.07, 6.45) is -4.49. The highest BCUT2D eigenvalue weighted by Gasteiger charge is 2.31. The molecule has 8 heteroatoms. The summed E-state index contributed by atoms with van der Waals surface area (Å²) in [4.78, 5) is 11.0. The minimum absolute atomic E-state index is 0.0270. The van der Waals surface area contributed by atoms with Gasteiger partial charge in [-0.15, -0.1) is 0 Å². The number of hydrogen-bond donors (Lipinski definition) is 2. The number of carbonyl (C=O) groups excluding carboxylic acids is 1. The predicted molar refractivity (Wildman–Crippen MR) is 72.5 cm³/mol. The van der Waals surface area contributed by atoms with Gasteiger partial charge in [-0.05, 0) is 25.1 Å². The Hall–Kier alpha value is -1.83. The lowest BCUT2D eigenvalue weighted by atomic mass is 10.1. The second kappa shape index (κ2) is 6.56. The molecule has 110 valence electrons. The van der Waals surface area contributed by atoms with Crippen molar-refractivity contribution in [3.05, 3.63) is 29.3 Å². The summed E-state index contributed by atoms with van der Waals surface area (Å²) in [5, 5.41) is 2.65. The van der Waals surface area contributed by atoms with E-state index in [9.17, 15) is 18.0 Å². The van der Waals surface area contributed by atoms with E-state index in [1.54, 1.807) is 6.92 Å². The average Bonchev–Trinajstić information content (AvgIpc) is 2.35. The summed E-state index contributed by atoms with van der Waals surface area (Å²) in [6, 6.07) is 2.90. The second-order valence-corrected chi connectivity index (χ2v) is 4.22. The number of rotatable bonds is 5. The van der Waals surface area contributed by atoms with Crippen LogP contribution in [0.1, 0.15) is 18.1 Å². The molecule has 0 radical (unpaired) electrons. The normalized spacial score (nSPS) is 11.0. The quantitative estimate of drug-likeness (QED) is 0.645. The Balaban J connectivity index is 2.97. The van der Waals surface area contributed by atoms with Gasteiger partial charge in [0.05, 0.1) is 12.2 Å². The van der Waals surface area contributed by atoms with Gasteiger partial charge >= 0.3 is 12.1 Å². The predicted octanol–water partition coefficient (Wildman–Crippen LogP) is 2.31. The number of esters is 1. The maximum atomic E-state index is 12.6. The number of ether oxygens (including phenoxy) is 1. The monoisotopic (exact) mass is 306 g/mol. The topological polar surface area (TPSA) is 64.3 Å². The molecule has 0 unspecified atom stereocenters. The molecule has 0 aliphatic heterocycles. The fourth-order valence-electron chi connectivity index (χ4n) is 1.46. The van der Waals surface area contributed by atoms with Gasteiger partial charge < -0.3 is 15.8 Å². The van der Waals surface area contributed by atoms with Crippen molar-refractivity contribution in [1.82, 2.24) is 0 Å². The molecule has 0 saturated heterocycles. The van der Waals surface area contributed by atoms with Crippen molar-refractivity contribution in [3.63, 3.8) is 0 Å². The Labute approximate surface area is 119 Å². The van der Waals surface area contributed by atoms with Gasteiger partial charge in [0.1, 0.15) is 11.5 Å². The van der Waals surface area contributed by atoms with Crippen LogP contribution >= 0.6 is 12.2 Å². The summed E-state index contributed by atoms with van der Waals surface area (Å²) in [5.41, 5.74) is 4.82. The third-order valence-corrected chi connectivity index (χ3v) is 2.56. The molecule has 0 amide bonds. The van der Waals surface area contributed by atoms with Crippen LogP contribution in [0, 0.1) is 0 Å². The Morgan fingerprint density at radius 1 is 1.45 bits per heavy atom. The molecular formula is C12H13F3N2O2S. The lowest BCUT2D eigenvalue weighted by molar-refractivity contribution is -0.141. The summed E-state index contributed by atoms with van der Waals surface area (Å²) < 4.78 is 42.5. The molecule has 3 N–H and O–H groups in total. The smallest absolute Gasteiger partial charge is 0.416 e. The first kappa shape index (κ1) is 16.2. The fourth-order valence-corrected chi connectivity index (χ4v) is 1.63. The maximum Gasteiger partial charge on any atom is 0.416 e. The average molecular weight is 306 g/mol. The fraction of sp³-hybridized carbons (Fsp3) is 0.333. The highest BCUT2D eigenvalue weighted by molar-refractivity contribution is 7.80. The molecule has 1 aromatic rings. The Morgan fingerprint density at radius 3 is 2.60 bits per heavy atom. The van der Waals surface area contributed by atoms with Gasteiger partial charge in [0.2, 0.25) is 0 Å². The number of benzene rings is 1. The highest BCUT2D eigenvalue weighted by Crippen LogP contribution is 2.31. The molecule has 0 saturated carbocycles. The number of hydrogen-bond acceptors (Lipinski definition) is 4. The molecule has 0 bridgehead atoms. The van der Waals surface area contributed by atoms with Crippen LogP contribution in [-0.2, 0) is 15.7 Å². The van der Waals surface area contributed by atoms with Gasteiger partial charge in [-0.2, -0.15) is 13.2 Å². The third-order valence-electron chi connectivity index (χ3n) is 2.34. The number of anilines is 1. The molecule has 1 aromatic carbocycles.